The van der Waals surface area contributed by atoms with Gasteiger partial charge in [-0.15, -0.1) is 0 Å². The molecule has 5 heteroatoms. The van der Waals surface area contributed by atoms with Gasteiger partial charge in [0.25, 0.3) is 5.91 Å². The number of morpholine rings is 1. The van der Waals surface area contributed by atoms with Crippen molar-refractivity contribution in [3.63, 3.8) is 0 Å². The zero-order valence-corrected chi connectivity index (χ0v) is 13.1. The quantitative estimate of drug-likeness (QED) is 0.762. The van der Waals surface area contributed by atoms with Gasteiger partial charge in [0.1, 0.15) is 11.9 Å². The third-order valence-corrected chi connectivity index (χ3v) is 4.42. The number of fused-ring (bicyclic) bond motifs is 1. The first-order valence-corrected chi connectivity index (χ1v) is 7.98. The number of nitrogens with zero attached hydrogens (tertiary/aromatic N) is 1. The molecule has 2 heterocycles. The molecule has 4 rings (SSSR count). The van der Waals surface area contributed by atoms with Crippen LogP contribution in [0.1, 0.15) is 22.0 Å². The van der Waals surface area contributed by atoms with Crippen molar-refractivity contribution in [1.82, 2.24) is 9.88 Å². The van der Waals surface area contributed by atoms with Crippen molar-refractivity contribution in [3.8, 4) is 5.75 Å². The van der Waals surface area contributed by atoms with Crippen molar-refractivity contribution in [1.29, 1.82) is 0 Å². The second-order valence-electron chi connectivity index (χ2n) is 5.95. The summed E-state index contributed by atoms with van der Waals surface area (Å²) < 4.78 is 5.80. The van der Waals surface area contributed by atoms with Crippen molar-refractivity contribution in [2.75, 3.05) is 19.7 Å². The second-order valence-corrected chi connectivity index (χ2v) is 5.95. The van der Waals surface area contributed by atoms with Crippen molar-refractivity contribution < 1.29 is 14.6 Å². The molecule has 1 amide bonds. The topological polar surface area (TPSA) is 65.6 Å². The van der Waals surface area contributed by atoms with Crippen molar-refractivity contribution in [2.45, 2.75) is 6.10 Å². The van der Waals surface area contributed by atoms with E-state index in [1.54, 1.807) is 18.2 Å². The normalized spacial score (nSPS) is 18.0. The van der Waals surface area contributed by atoms with Crippen LogP contribution < -0.4 is 0 Å². The number of aromatic nitrogens is 1. The summed E-state index contributed by atoms with van der Waals surface area (Å²) in [5.74, 6) is 0.213. The monoisotopic (exact) mass is 322 g/mol. The lowest BCUT2D eigenvalue weighted by molar-refractivity contribution is -0.0228. The first-order valence-electron chi connectivity index (χ1n) is 7.98. The van der Waals surface area contributed by atoms with Crippen molar-refractivity contribution in [2.24, 2.45) is 0 Å². The van der Waals surface area contributed by atoms with Crippen LogP contribution in [0.5, 0.6) is 5.75 Å². The molecule has 0 aliphatic carbocycles. The summed E-state index contributed by atoms with van der Waals surface area (Å²) in [4.78, 5) is 17.9. The van der Waals surface area contributed by atoms with E-state index < -0.39 is 0 Å². The van der Waals surface area contributed by atoms with Gasteiger partial charge in [-0.25, -0.2) is 0 Å². The van der Waals surface area contributed by atoms with Gasteiger partial charge in [0.05, 0.1) is 13.2 Å². The largest absolute Gasteiger partial charge is 0.508 e. The number of nitrogens with one attached hydrogen (secondary N) is 1. The van der Waals surface area contributed by atoms with E-state index in [0.29, 0.717) is 25.3 Å². The minimum Gasteiger partial charge on any atom is -0.508 e. The third kappa shape index (κ3) is 2.63. The van der Waals surface area contributed by atoms with Crippen LogP contribution in [0.15, 0.2) is 54.7 Å². The van der Waals surface area contributed by atoms with E-state index in [1.165, 1.54) is 0 Å². The summed E-state index contributed by atoms with van der Waals surface area (Å²) in [5.41, 5.74) is 2.54. The molecule has 5 nitrogen and oxygen atoms in total. The van der Waals surface area contributed by atoms with E-state index in [-0.39, 0.29) is 17.8 Å². The van der Waals surface area contributed by atoms with Crippen LogP contribution in [0.2, 0.25) is 0 Å². The highest BCUT2D eigenvalue weighted by atomic mass is 16.5. The number of rotatable bonds is 2. The first kappa shape index (κ1) is 14.8. The smallest absolute Gasteiger partial charge is 0.254 e. The lowest BCUT2D eigenvalue weighted by Gasteiger charge is -2.33. The van der Waals surface area contributed by atoms with Gasteiger partial charge in [-0.3, -0.25) is 4.79 Å². The van der Waals surface area contributed by atoms with E-state index >= 15 is 0 Å². The summed E-state index contributed by atoms with van der Waals surface area (Å²) in [6.07, 6.45) is 1.62. The van der Waals surface area contributed by atoms with E-state index in [0.717, 1.165) is 16.5 Å². The number of hydrogen-bond donors (Lipinski definition) is 2. The first-order chi connectivity index (χ1) is 11.7. The number of phenols is 1. The van der Waals surface area contributed by atoms with Crippen LogP contribution in [0.3, 0.4) is 0 Å². The van der Waals surface area contributed by atoms with Gasteiger partial charge in [0.2, 0.25) is 0 Å². The highest BCUT2D eigenvalue weighted by Gasteiger charge is 2.27. The number of H-pyrrole nitrogens is 1. The number of aromatic amines is 1. The number of carbonyl (C=O) groups excluding carboxylic acids is 1. The molecule has 0 bridgehead atoms. The molecule has 1 aliphatic heterocycles. The van der Waals surface area contributed by atoms with Crippen LogP contribution in [-0.2, 0) is 4.74 Å². The highest BCUT2D eigenvalue weighted by Crippen LogP contribution is 2.27. The average molecular weight is 322 g/mol. The molecule has 3 aromatic rings. The minimum atomic E-state index is -0.222. The Balaban J connectivity index is 1.60. The molecule has 1 saturated heterocycles. The number of phenolic OH excluding ortho intramolecular Hbond substituents is 1. The lowest BCUT2D eigenvalue weighted by Crippen LogP contribution is -2.42. The number of carbonyl (C=O) groups is 1. The fraction of sp³-hybridized carbons (Fsp3) is 0.211. The molecule has 1 fully saturated rings. The van der Waals surface area contributed by atoms with Gasteiger partial charge < -0.3 is 19.7 Å². The Morgan fingerprint density at radius 3 is 2.96 bits per heavy atom. The maximum Gasteiger partial charge on any atom is 0.254 e. The molecular formula is C19H18N2O3. The van der Waals surface area contributed by atoms with Gasteiger partial charge in [-0.05, 0) is 35.9 Å². The number of benzene rings is 2. The van der Waals surface area contributed by atoms with Crippen LogP contribution in [0.25, 0.3) is 10.9 Å². The Bertz CT molecular complexity index is 887. The molecule has 0 saturated carbocycles. The van der Waals surface area contributed by atoms with Gasteiger partial charge in [0, 0.05) is 29.2 Å². The summed E-state index contributed by atoms with van der Waals surface area (Å²) in [6.45, 7) is 1.52. The molecule has 0 unspecified atom stereocenters. The molecule has 122 valence electrons. The molecule has 1 atom stereocenters. The number of ether oxygens (including phenoxy) is 1. The fourth-order valence-electron chi connectivity index (χ4n) is 3.20. The van der Waals surface area contributed by atoms with Crippen LogP contribution in [0.4, 0.5) is 0 Å². The number of amides is 1. The zero-order valence-electron chi connectivity index (χ0n) is 13.1. The standard InChI is InChI=1S/C19H18N2O3/c22-14-4-1-3-13(11-14)18-12-21(9-10-24-18)19(23)16-5-2-6-17-15(16)7-8-20-17/h1-8,11,18,20,22H,9-10,12H2/t18-/m0/s1. The van der Waals surface area contributed by atoms with Gasteiger partial charge in [-0.2, -0.15) is 0 Å². The van der Waals surface area contributed by atoms with Crippen molar-refractivity contribution in [3.05, 3.63) is 65.9 Å². The summed E-state index contributed by atoms with van der Waals surface area (Å²) in [6, 6.07) is 14.6. The number of hydrogen-bond acceptors (Lipinski definition) is 3. The Morgan fingerprint density at radius 2 is 2.08 bits per heavy atom. The second kappa shape index (κ2) is 6.02. The van der Waals surface area contributed by atoms with Gasteiger partial charge in [0.15, 0.2) is 0 Å². The Morgan fingerprint density at radius 1 is 1.21 bits per heavy atom. The zero-order chi connectivity index (χ0) is 16.5. The van der Waals surface area contributed by atoms with Crippen LogP contribution in [0, 0.1) is 0 Å². The fourth-order valence-corrected chi connectivity index (χ4v) is 3.20. The van der Waals surface area contributed by atoms with Gasteiger partial charge >= 0.3 is 0 Å². The van der Waals surface area contributed by atoms with Gasteiger partial charge in [-0.1, -0.05) is 18.2 Å². The maximum atomic E-state index is 13.0. The van der Waals surface area contributed by atoms with Crippen LogP contribution in [-0.4, -0.2) is 40.6 Å². The Labute approximate surface area is 139 Å². The predicted octanol–water partition coefficient (Wildman–Crippen LogP) is 3.09. The molecule has 0 spiro atoms. The van der Waals surface area contributed by atoms with Crippen molar-refractivity contribution >= 4 is 16.8 Å². The average Bonchev–Trinajstić information content (AvgIpc) is 3.10. The third-order valence-electron chi connectivity index (χ3n) is 4.42. The molecule has 1 aromatic heterocycles. The number of aromatic hydroxyl groups is 1. The maximum absolute atomic E-state index is 13.0. The van der Waals surface area contributed by atoms with E-state index in [1.807, 2.05) is 41.4 Å². The SMILES string of the molecule is O=C(c1cccc2[nH]ccc12)N1CCO[C@H](c2cccc(O)c2)C1. The lowest BCUT2D eigenvalue weighted by atomic mass is 10.1. The Kier molecular flexibility index (Phi) is 3.70. The molecular weight excluding hydrogens is 304 g/mol. The molecule has 0 radical (unpaired) electrons. The van der Waals surface area contributed by atoms with E-state index in [9.17, 15) is 9.90 Å². The minimum absolute atomic E-state index is 0.00801. The predicted molar refractivity (Wildman–Crippen MR) is 91.0 cm³/mol. The molecule has 1 aliphatic rings. The summed E-state index contributed by atoms with van der Waals surface area (Å²) >= 11 is 0. The molecule has 24 heavy (non-hydrogen) atoms. The Hall–Kier alpha value is -2.79. The molecule has 2 aromatic carbocycles. The summed E-state index contributed by atoms with van der Waals surface area (Å²) in [5, 5.41) is 10.6. The summed E-state index contributed by atoms with van der Waals surface area (Å²) in [7, 11) is 0. The highest BCUT2D eigenvalue weighted by molar-refractivity contribution is 6.06. The van der Waals surface area contributed by atoms with Crippen LogP contribution >= 0.6 is 0 Å². The van der Waals surface area contributed by atoms with E-state index in [2.05, 4.69) is 4.98 Å². The molecule has 2 N–H and O–H groups in total. The van der Waals surface area contributed by atoms with E-state index in [4.69, 9.17) is 4.74 Å².